The molecule has 4 N–H and O–H groups in total. The van der Waals surface area contributed by atoms with Crippen LogP contribution in [0.3, 0.4) is 0 Å². The molecule has 0 aliphatic heterocycles. The Bertz CT molecular complexity index is 1240. The van der Waals surface area contributed by atoms with Crippen LogP contribution in [-0.4, -0.2) is 47.4 Å². The molecule has 0 aliphatic rings. The highest BCUT2D eigenvalue weighted by atomic mass is 32.1. The standard InChI is InChI=1S/C22H21F3N6O5S/c1-13(32)35-9-8-27-21(34)31-17-10-14(6-7-26-17)11-28-19-18(37-12-29-19)20(33)30-15-2-4-16(5-3-15)36-22(23,24)25/h2-7,10,12,28H,8-9,11H2,1H3,(H,30,33)(H2,26,27,31,34). The molecule has 37 heavy (non-hydrogen) atoms. The van der Waals surface area contributed by atoms with Gasteiger partial charge in [0.05, 0.1) is 12.1 Å². The van der Waals surface area contributed by atoms with Gasteiger partial charge in [0.2, 0.25) is 0 Å². The summed E-state index contributed by atoms with van der Waals surface area (Å²) < 4.78 is 45.4. The Morgan fingerprint density at radius 1 is 1.05 bits per heavy atom. The van der Waals surface area contributed by atoms with Crippen LogP contribution in [0.2, 0.25) is 0 Å². The minimum atomic E-state index is -4.81. The van der Waals surface area contributed by atoms with E-state index in [-0.39, 0.29) is 36.1 Å². The van der Waals surface area contributed by atoms with Gasteiger partial charge in [-0.15, -0.1) is 24.5 Å². The van der Waals surface area contributed by atoms with E-state index in [2.05, 4.69) is 36.0 Å². The summed E-state index contributed by atoms with van der Waals surface area (Å²) in [6, 6.07) is 7.54. The number of nitrogens with one attached hydrogen (secondary N) is 4. The molecule has 0 aliphatic carbocycles. The number of nitrogens with zero attached hydrogens (tertiary/aromatic N) is 2. The van der Waals surface area contributed by atoms with Gasteiger partial charge in [-0.3, -0.25) is 14.9 Å². The van der Waals surface area contributed by atoms with Gasteiger partial charge in [-0.25, -0.2) is 14.8 Å². The first-order valence-electron chi connectivity index (χ1n) is 10.6. The number of thiazole rings is 1. The molecule has 196 valence electrons. The van der Waals surface area contributed by atoms with E-state index >= 15 is 0 Å². The van der Waals surface area contributed by atoms with Crippen LogP contribution in [0.15, 0.2) is 48.1 Å². The summed E-state index contributed by atoms with van der Waals surface area (Å²) in [5.74, 6) is -0.778. The molecule has 15 heteroatoms. The number of hydrogen-bond acceptors (Lipinski definition) is 9. The Morgan fingerprint density at radius 3 is 2.51 bits per heavy atom. The summed E-state index contributed by atoms with van der Waals surface area (Å²) in [6.45, 7) is 1.69. The summed E-state index contributed by atoms with van der Waals surface area (Å²) in [5.41, 5.74) is 2.47. The van der Waals surface area contributed by atoms with Crippen molar-refractivity contribution in [3.8, 4) is 5.75 Å². The fourth-order valence-electron chi connectivity index (χ4n) is 2.82. The van der Waals surface area contributed by atoms with Gasteiger partial charge in [-0.05, 0) is 42.0 Å². The van der Waals surface area contributed by atoms with Crippen LogP contribution in [0.4, 0.5) is 35.3 Å². The maximum Gasteiger partial charge on any atom is 0.573 e. The Labute approximate surface area is 212 Å². The summed E-state index contributed by atoms with van der Waals surface area (Å²) in [7, 11) is 0. The number of anilines is 3. The van der Waals surface area contributed by atoms with Gasteiger partial charge in [0.15, 0.2) is 0 Å². The number of ether oxygens (including phenoxy) is 2. The number of carbonyl (C=O) groups is 3. The van der Waals surface area contributed by atoms with Gasteiger partial charge in [0.25, 0.3) is 5.91 Å². The molecule has 0 bridgehead atoms. The average molecular weight is 539 g/mol. The van der Waals surface area contributed by atoms with Crippen molar-refractivity contribution in [2.24, 2.45) is 0 Å². The zero-order chi connectivity index (χ0) is 26.8. The first-order valence-corrected chi connectivity index (χ1v) is 11.4. The van der Waals surface area contributed by atoms with Gasteiger partial charge in [-0.1, -0.05) is 0 Å². The van der Waals surface area contributed by atoms with E-state index in [1.807, 2.05) is 0 Å². The first-order chi connectivity index (χ1) is 17.6. The molecule has 11 nitrogen and oxygen atoms in total. The van der Waals surface area contributed by atoms with Crippen LogP contribution in [0.5, 0.6) is 5.75 Å². The second kappa shape index (κ2) is 12.5. The molecule has 0 saturated heterocycles. The summed E-state index contributed by atoms with van der Waals surface area (Å²) in [5, 5.41) is 10.7. The third-order valence-corrected chi connectivity index (χ3v) is 5.16. The van der Waals surface area contributed by atoms with Crippen molar-refractivity contribution >= 4 is 46.6 Å². The molecule has 3 aromatic rings. The minimum Gasteiger partial charge on any atom is -0.464 e. The lowest BCUT2D eigenvalue weighted by Gasteiger charge is -2.11. The van der Waals surface area contributed by atoms with E-state index in [0.29, 0.717) is 5.82 Å². The van der Waals surface area contributed by atoms with Crippen molar-refractivity contribution in [3.05, 3.63) is 58.5 Å². The smallest absolute Gasteiger partial charge is 0.464 e. The molecule has 0 spiro atoms. The molecular weight excluding hydrogens is 517 g/mol. The number of alkyl halides is 3. The van der Waals surface area contributed by atoms with Crippen LogP contribution in [0.1, 0.15) is 22.2 Å². The molecule has 0 fully saturated rings. The highest BCUT2D eigenvalue weighted by molar-refractivity contribution is 7.12. The molecular formula is C22H21F3N6O5S. The molecule has 0 unspecified atom stereocenters. The molecule has 2 aromatic heterocycles. The molecule has 2 heterocycles. The second-order valence-corrected chi connectivity index (χ2v) is 8.03. The average Bonchev–Trinajstić information content (AvgIpc) is 3.30. The van der Waals surface area contributed by atoms with Crippen molar-refractivity contribution in [3.63, 3.8) is 0 Å². The molecule has 0 atom stereocenters. The van der Waals surface area contributed by atoms with Gasteiger partial charge in [-0.2, -0.15) is 0 Å². The number of carbonyl (C=O) groups excluding carboxylic acids is 3. The number of hydrogen-bond donors (Lipinski definition) is 4. The number of benzene rings is 1. The number of aromatic nitrogens is 2. The van der Waals surface area contributed by atoms with E-state index in [9.17, 15) is 27.6 Å². The van der Waals surface area contributed by atoms with Crippen LogP contribution in [0, 0.1) is 0 Å². The van der Waals surface area contributed by atoms with Gasteiger partial charge >= 0.3 is 18.4 Å². The Balaban J connectivity index is 1.53. The largest absolute Gasteiger partial charge is 0.573 e. The lowest BCUT2D eigenvalue weighted by atomic mass is 10.2. The maximum absolute atomic E-state index is 12.7. The SMILES string of the molecule is CC(=O)OCCNC(=O)Nc1cc(CNc2ncsc2C(=O)Nc2ccc(OC(F)(F)F)cc2)ccn1. The fourth-order valence-corrected chi connectivity index (χ4v) is 3.48. The molecule has 3 amide bonds. The third kappa shape index (κ3) is 9.29. The number of esters is 1. The Kier molecular flexibility index (Phi) is 9.21. The zero-order valence-electron chi connectivity index (χ0n) is 19.2. The summed E-state index contributed by atoms with van der Waals surface area (Å²) in [6.07, 6.45) is -3.31. The number of pyridine rings is 1. The Morgan fingerprint density at radius 2 is 1.81 bits per heavy atom. The van der Waals surface area contributed by atoms with Crippen molar-refractivity contribution in [2.75, 3.05) is 29.1 Å². The number of urea groups is 1. The maximum atomic E-state index is 12.7. The monoisotopic (exact) mass is 538 g/mol. The number of amides is 3. The van der Waals surface area contributed by atoms with Gasteiger partial charge in [0.1, 0.15) is 28.9 Å². The van der Waals surface area contributed by atoms with Crippen molar-refractivity contribution in [1.82, 2.24) is 15.3 Å². The minimum absolute atomic E-state index is 0.0431. The number of rotatable bonds is 10. The third-order valence-electron chi connectivity index (χ3n) is 4.34. The van der Waals surface area contributed by atoms with E-state index < -0.39 is 30.0 Å². The lowest BCUT2D eigenvalue weighted by Crippen LogP contribution is -2.32. The van der Waals surface area contributed by atoms with E-state index in [0.717, 1.165) is 29.0 Å². The van der Waals surface area contributed by atoms with Crippen LogP contribution in [0.25, 0.3) is 0 Å². The van der Waals surface area contributed by atoms with Crippen LogP contribution < -0.4 is 26.0 Å². The zero-order valence-corrected chi connectivity index (χ0v) is 20.0. The summed E-state index contributed by atoms with van der Waals surface area (Å²) >= 11 is 1.08. The highest BCUT2D eigenvalue weighted by Gasteiger charge is 2.31. The van der Waals surface area contributed by atoms with Crippen molar-refractivity contribution in [2.45, 2.75) is 19.8 Å². The van der Waals surface area contributed by atoms with E-state index in [1.54, 1.807) is 12.1 Å². The van der Waals surface area contributed by atoms with Crippen LogP contribution in [-0.2, 0) is 16.1 Å². The van der Waals surface area contributed by atoms with E-state index in [1.165, 1.54) is 30.8 Å². The predicted molar refractivity (Wildman–Crippen MR) is 128 cm³/mol. The molecule has 3 rings (SSSR count). The quantitative estimate of drug-likeness (QED) is 0.224. The predicted octanol–water partition coefficient (Wildman–Crippen LogP) is 3.99. The Hall–Kier alpha value is -4.40. The second-order valence-electron chi connectivity index (χ2n) is 7.18. The molecule has 0 saturated carbocycles. The molecule has 1 aromatic carbocycles. The normalized spacial score (nSPS) is 10.8. The van der Waals surface area contributed by atoms with Gasteiger partial charge in [0, 0.05) is 25.4 Å². The highest BCUT2D eigenvalue weighted by Crippen LogP contribution is 2.25. The first kappa shape index (κ1) is 27.2. The topological polar surface area (TPSA) is 144 Å². The van der Waals surface area contributed by atoms with Crippen molar-refractivity contribution in [1.29, 1.82) is 0 Å². The van der Waals surface area contributed by atoms with E-state index in [4.69, 9.17) is 4.74 Å². The number of halogens is 3. The van der Waals surface area contributed by atoms with Crippen molar-refractivity contribution < 1.29 is 37.0 Å². The fraction of sp³-hybridized carbons (Fsp3) is 0.227. The van der Waals surface area contributed by atoms with Gasteiger partial charge < -0.3 is 25.4 Å². The lowest BCUT2D eigenvalue weighted by molar-refractivity contribution is -0.274. The van der Waals surface area contributed by atoms with Crippen LogP contribution >= 0.6 is 11.3 Å². The summed E-state index contributed by atoms with van der Waals surface area (Å²) in [4.78, 5) is 43.8. The molecule has 0 radical (unpaired) electrons.